The number of rotatable bonds is 22. The van der Waals surface area contributed by atoms with Gasteiger partial charge in [0.05, 0.1) is 0 Å². The first-order chi connectivity index (χ1) is 25.4. The molecule has 6 N–H and O–H groups in total. The molecule has 0 saturated heterocycles. The zero-order valence-electron chi connectivity index (χ0n) is 29.8. The summed E-state index contributed by atoms with van der Waals surface area (Å²) in [6, 6.07) is 9.96. The van der Waals surface area contributed by atoms with E-state index in [4.69, 9.17) is 10.2 Å². The van der Waals surface area contributed by atoms with Crippen molar-refractivity contribution in [2.24, 2.45) is 0 Å². The van der Waals surface area contributed by atoms with Crippen molar-refractivity contribution < 1.29 is 121 Å². The van der Waals surface area contributed by atoms with Crippen molar-refractivity contribution in [2.75, 3.05) is 39.4 Å². The number of carbonyl (C=O) groups excluding carboxylic acids is 2. The molecule has 2 unspecified atom stereocenters. The number of hydrogen-bond donors (Lipinski definition) is 6. The van der Waals surface area contributed by atoms with Gasteiger partial charge in [-0.05, 0) is 50.4 Å². The number of halogens is 6. The molecule has 0 fully saturated rings. The molecule has 0 aliphatic carbocycles. The van der Waals surface area contributed by atoms with Crippen LogP contribution in [0, 0.1) is 0 Å². The molecule has 0 heterocycles. The van der Waals surface area contributed by atoms with E-state index in [0.717, 1.165) is 4.90 Å². The van der Waals surface area contributed by atoms with Gasteiger partial charge in [0.2, 0.25) is 12.3 Å². The van der Waals surface area contributed by atoms with Gasteiger partial charge in [0.1, 0.15) is 18.1 Å². The van der Waals surface area contributed by atoms with Crippen LogP contribution in [0.25, 0.3) is 0 Å². The molecule has 2 atom stereocenters. The Bertz CT molecular complexity index is 1420. The zero-order valence-corrected chi connectivity index (χ0v) is 34.5. The van der Waals surface area contributed by atoms with Crippen LogP contribution in [0.1, 0.15) is 51.4 Å². The number of alkyl halides is 6. The molecule has 0 spiro atoms. The van der Waals surface area contributed by atoms with Crippen molar-refractivity contribution >= 4 is 57.2 Å². The molecule has 0 aliphatic rings. The summed E-state index contributed by atoms with van der Waals surface area (Å²) in [4.78, 5) is 43.6. The largest absolute Gasteiger partial charge is 1.00 e. The Kier molecular flexibility index (Phi) is 30.9. The smallest absolute Gasteiger partial charge is 0.743 e. The van der Waals surface area contributed by atoms with Crippen LogP contribution < -0.4 is 50.8 Å². The number of amides is 4. The van der Waals surface area contributed by atoms with E-state index < -0.39 is 80.7 Å². The summed E-state index contributed by atoms with van der Waals surface area (Å²) in [6.45, 7) is -2.39. The first kappa shape index (κ1) is 57.4. The quantitative estimate of drug-likeness (QED) is 0.0296. The van der Waals surface area contributed by atoms with E-state index in [1.165, 1.54) is 0 Å². The molecule has 4 amide bonds. The van der Waals surface area contributed by atoms with E-state index in [2.05, 4.69) is 43.4 Å². The van der Waals surface area contributed by atoms with Gasteiger partial charge in [-0.25, -0.2) is 44.8 Å². The number of carbonyl (C=O) groups is 4. The van der Waals surface area contributed by atoms with Crippen molar-refractivity contribution in [2.45, 2.75) is 79.1 Å². The molecule has 56 heavy (non-hydrogen) atoms. The Morgan fingerprint density at radius 2 is 0.911 bits per heavy atom. The topological polar surface area (TPSA) is 290 Å². The maximum atomic E-state index is 13.0. The van der Waals surface area contributed by atoms with Crippen molar-refractivity contribution in [1.29, 1.82) is 0 Å². The number of unbranched alkanes of at least 4 members (excludes halogenated alkanes) is 6. The fourth-order valence-corrected chi connectivity index (χ4v) is 4.28. The Morgan fingerprint density at radius 3 is 1.14 bits per heavy atom. The summed E-state index contributed by atoms with van der Waals surface area (Å²) in [7, 11) is -12.4. The van der Waals surface area contributed by atoms with E-state index in [0.29, 0.717) is 64.5 Å². The van der Waals surface area contributed by atoms with Gasteiger partial charge in [0.15, 0.2) is 20.2 Å². The predicted octanol–water partition coefficient (Wildman–Crippen LogP) is 0.0944. The first-order valence-electron chi connectivity index (χ1n) is 15.8. The van der Waals surface area contributed by atoms with Gasteiger partial charge < -0.3 is 50.1 Å². The van der Waals surface area contributed by atoms with Crippen LogP contribution in [0.3, 0.4) is 0 Å². The molecule has 0 saturated carbocycles. The van der Waals surface area contributed by atoms with Gasteiger partial charge >= 0.3 is 64.4 Å². The van der Waals surface area contributed by atoms with Crippen LogP contribution in [-0.4, -0.2) is 123 Å². The summed E-state index contributed by atoms with van der Waals surface area (Å²) in [6.07, 6.45) is -6.86. The summed E-state index contributed by atoms with van der Waals surface area (Å²) < 4.78 is 146. The van der Waals surface area contributed by atoms with E-state index in [-0.39, 0.29) is 42.6 Å². The van der Waals surface area contributed by atoms with Crippen LogP contribution in [0.2, 0.25) is 0 Å². The van der Waals surface area contributed by atoms with Gasteiger partial charge in [0, 0.05) is 26.2 Å². The third-order valence-electron chi connectivity index (χ3n) is 6.19. The second-order valence-corrected chi connectivity index (χ2v) is 14.2. The third-order valence-corrected chi connectivity index (χ3v) is 8.37. The fraction of sp³-hybridized carbons (Fsp3) is 0.643. The van der Waals surface area contributed by atoms with Gasteiger partial charge in [0.25, 0.3) is 0 Å². The number of carboxylic acid groups (broad SMARTS) is 2. The zero-order chi connectivity index (χ0) is 42.7. The Labute approximate surface area is 346 Å². The normalized spacial score (nSPS) is 12.4. The SMILES string of the molecule is O=C(O)NCCCCCCNC(=O)OCC(F)C(F)(F)S(=O)(=O)[O-].O=C(O)NCCCCCCNC(=O)OCC(F)C(F)(F)S(=O)(=O)[O-].[Na+].[SH2+]c1ccccc1. The minimum atomic E-state index is -6.20. The van der Waals surface area contributed by atoms with E-state index in [1.54, 1.807) is 0 Å². The summed E-state index contributed by atoms with van der Waals surface area (Å²) in [5.41, 5.74) is 0. The van der Waals surface area contributed by atoms with E-state index in [1.807, 2.05) is 30.3 Å². The van der Waals surface area contributed by atoms with Gasteiger partial charge in [-0.15, -0.1) is 0 Å². The minimum absolute atomic E-state index is 0. The molecule has 0 aromatic heterocycles. The van der Waals surface area contributed by atoms with Crippen molar-refractivity contribution in [3.05, 3.63) is 30.3 Å². The van der Waals surface area contributed by atoms with Crippen LogP contribution in [0.4, 0.5) is 45.5 Å². The molecule has 1 rings (SSSR count). The average Bonchev–Trinajstić information content (AvgIpc) is 3.08. The third kappa shape index (κ3) is 28.4. The standard InChI is InChI=1S/2C11H19F3N2O7S.C6H6S.Na/c2*12-8(11(13,14)24(20,21)22)7-23-10(19)16-6-4-2-1-3-5-15-9(17)18;7-6-4-2-1-3-5-6;/h2*8,15H,1-7H2,(H,16,19)(H,17,18)(H,20,21,22);1-5,7H;/q;;;+1/p-1. The molecule has 0 radical (unpaired) electrons. The molecule has 320 valence electrons. The first-order valence-corrected chi connectivity index (χ1v) is 19.1. The second kappa shape index (κ2) is 30.2. The Morgan fingerprint density at radius 1 is 0.625 bits per heavy atom. The number of hydrogen-bond acceptors (Lipinski definition) is 12. The summed E-state index contributed by atoms with van der Waals surface area (Å²) >= 11 is 3.36. The maximum absolute atomic E-state index is 13.0. The molecule has 1 aromatic rings. The number of alkyl carbamates (subject to hydrolysis) is 2. The maximum Gasteiger partial charge on any atom is 1.00 e. The monoisotopic (exact) mass is 892 g/mol. The van der Waals surface area contributed by atoms with Crippen molar-refractivity contribution in [1.82, 2.24) is 21.3 Å². The van der Waals surface area contributed by atoms with Gasteiger partial charge in [-0.3, -0.25) is 0 Å². The molecule has 1 aromatic carbocycles. The molecular weight excluding hydrogens is 850 g/mol. The Balaban J connectivity index is -0.000000838. The average molecular weight is 893 g/mol. The number of ether oxygens (including phenoxy) is 2. The summed E-state index contributed by atoms with van der Waals surface area (Å²) in [5, 5.41) is 14.8. The molecule has 28 heteroatoms. The summed E-state index contributed by atoms with van der Waals surface area (Å²) in [5.74, 6) is 0. The van der Waals surface area contributed by atoms with Crippen LogP contribution in [-0.2, 0) is 42.3 Å². The molecule has 0 aliphatic heterocycles. The van der Waals surface area contributed by atoms with Crippen LogP contribution in [0.5, 0.6) is 0 Å². The second-order valence-electron chi connectivity index (χ2n) is 10.7. The predicted molar refractivity (Wildman–Crippen MR) is 182 cm³/mol. The fourth-order valence-electron chi connectivity index (χ4n) is 3.32. The minimum Gasteiger partial charge on any atom is -0.743 e. The van der Waals surface area contributed by atoms with Gasteiger partial charge in [-0.2, -0.15) is 17.6 Å². The number of benzene rings is 1. The Hall–Kier alpha value is -2.95. The van der Waals surface area contributed by atoms with Gasteiger partial charge in [-0.1, -0.05) is 43.9 Å². The van der Waals surface area contributed by atoms with Crippen LogP contribution >= 0.6 is 0 Å². The number of nitrogens with one attached hydrogen (secondary N) is 4. The molecule has 18 nitrogen and oxygen atoms in total. The van der Waals surface area contributed by atoms with Crippen molar-refractivity contribution in [3.63, 3.8) is 0 Å². The molecular formula is C28H43F6N4NaO14S3. The molecule has 0 bridgehead atoms. The van der Waals surface area contributed by atoms with E-state index >= 15 is 0 Å². The van der Waals surface area contributed by atoms with Crippen LogP contribution in [0.15, 0.2) is 35.2 Å². The van der Waals surface area contributed by atoms with Crippen molar-refractivity contribution in [3.8, 4) is 0 Å². The van der Waals surface area contributed by atoms with E-state index in [9.17, 15) is 71.5 Å².